The summed E-state index contributed by atoms with van der Waals surface area (Å²) in [5.74, 6) is 0.533. The molecule has 94 valence electrons. The second-order valence-electron chi connectivity index (χ2n) is 4.49. The van der Waals surface area contributed by atoms with Gasteiger partial charge in [-0.25, -0.2) is 4.90 Å². The van der Waals surface area contributed by atoms with Crippen molar-refractivity contribution in [1.82, 2.24) is 0 Å². The number of carbonyl (C=O) groups is 2. The molecule has 0 atom stereocenters. The van der Waals surface area contributed by atoms with Gasteiger partial charge in [0.25, 0.3) is 0 Å². The lowest BCUT2D eigenvalue weighted by molar-refractivity contribution is -0.124. The highest BCUT2D eigenvalue weighted by Gasteiger charge is 2.28. The lowest BCUT2D eigenvalue weighted by atomic mass is 10.0. The van der Waals surface area contributed by atoms with E-state index < -0.39 is 0 Å². The quantitative estimate of drug-likeness (QED) is 0.782. The SMILES string of the molecule is O=C1CSCC(=O)N1c1ccc2c(c1)NCCC2. The van der Waals surface area contributed by atoms with Gasteiger partial charge < -0.3 is 5.32 Å². The first-order valence-electron chi connectivity index (χ1n) is 6.06. The van der Waals surface area contributed by atoms with Gasteiger partial charge in [-0.2, -0.15) is 0 Å². The van der Waals surface area contributed by atoms with Crippen molar-refractivity contribution in [2.24, 2.45) is 0 Å². The molecule has 1 aromatic carbocycles. The van der Waals surface area contributed by atoms with Crippen molar-refractivity contribution in [3.8, 4) is 0 Å². The maximum absolute atomic E-state index is 11.8. The van der Waals surface area contributed by atoms with E-state index in [1.165, 1.54) is 22.2 Å². The molecule has 0 spiro atoms. The van der Waals surface area contributed by atoms with Gasteiger partial charge in [-0.15, -0.1) is 11.8 Å². The van der Waals surface area contributed by atoms with E-state index >= 15 is 0 Å². The number of fused-ring (bicyclic) bond motifs is 1. The van der Waals surface area contributed by atoms with Gasteiger partial charge in [0.15, 0.2) is 0 Å². The predicted octanol–water partition coefficient (Wildman–Crippen LogP) is 1.65. The number of anilines is 2. The Bertz CT molecular complexity index is 500. The first-order chi connectivity index (χ1) is 8.75. The van der Waals surface area contributed by atoms with Crippen LogP contribution in [0, 0.1) is 0 Å². The fraction of sp³-hybridized carbons (Fsp3) is 0.385. The lowest BCUT2D eigenvalue weighted by Gasteiger charge is -2.26. The van der Waals surface area contributed by atoms with Crippen LogP contribution in [0.1, 0.15) is 12.0 Å². The fourth-order valence-electron chi connectivity index (χ4n) is 2.37. The molecule has 2 aliphatic rings. The number of rotatable bonds is 1. The molecule has 4 nitrogen and oxygen atoms in total. The number of aryl methyl sites for hydroxylation is 1. The van der Waals surface area contributed by atoms with Crippen molar-refractivity contribution in [2.45, 2.75) is 12.8 Å². The second kappa shape index (κ2) is 4.65. The van der Waals surface area contributed by atoms with Gasteiger partial charge in [-0.05, 0) is 30.5 Å². The van der Waals surface area contributed by atoms with Gasteiger partial charge in [0.1, 0.15) is 0 Å². The number of nitrogens with zero attached hydrogens (tertiary/aromatic N) is 1. The number of hydrogen-bond donors (Lipinski definition) is 1. The van der Waals surface area contributed by atoms with E-state index in [2.05, 4.69) is 5.32 Å². The number of hydrogen-bond acceptors (Lipinski definition) is 4. The van der Waals surface area contributed by atoms with Crippen LogP contribution < -0.4 is 10.2 Å². The Balaban J connectivity index is 1.96. The number of benzene rings is 1. The van der Waals surface area contributed by atoms with Crippen LogP contribution in [0.5, 0.6) is 0 Å². The first kappa shape index (κ1) is 11.6. The fourth-order valence-corrected chi connectivity index (χ4v) is 3.08. The molecule has 0 radical (unpaired) electrons. The van der Waals surface area contributed by atoms with Gasteiger partial charge in [-0.1, -0.05) is 6.07 Å². The first-order valence-corrected chi connectivity index (χ1v) is 7.21. The number of nitrogens with one attached hydrogen (secondary N) is 1. The van der Waals surface area contributed by atoms with Gasteiger partial charge >= 0.3 is 0 Å². The number of thioether (sulfide) groups is 1. The minimum Gasteiger partial charge on any atom is -0.385 e. The van der Waals surface area contributed by atoms with E-state index in [1.54, 1.807) is 0 Å². The third-order valence-electron chi connectivity index (χ3n) is 3.24. The minimum absolute atomic E-state index is 0.119. The molecule has 1 aromatic rings. The summed E-state index contributed by atoms with van der Waals surface area (Å²) < 4.78 is 0. The molecule has 0 saturated carbocycles. The minimum atomic E-state index is -0.119. The molecule has 2 amide bonds. The van der Waals surface area contributed by atoms with Crippen LogP contribution in [-0.2, 0) is 16.0 Å². The normalized spacial score (nSPS) is 19.4. The summed E-state index contributed by atoms with van der Waals surface area (Å²) in [4.78, 5) is 25.0. The molecule has 0 unspecified atom stereocenters. The zero-order valence-electron chi connectivity index (χ0n) is 9.94. The zero-order valence-corrected chi connectivity index (χ0v) is 10.8. The molecular weight excluding hydrogens is 248 g/mol. The van der Waals surface area contributed by atoms with Gasteiger partial charge in [0.2, 0.25) is 11.8 Å². The number of carbonyl (C=O) groups excluding carboxylic acids is 2. The Hall–Kier alpha value is -1.49. The second-order valence-corrected chi connectivity index (χ2v) is 5.47. The highest BCUT2D eigenvalue weighted by Crippen LogP contribution is 2.29. The van der Waals surface area contributed by atoms with Gasteiger partial charge in [0, 0.05) is 12.2 Å². The van der Waals surface area contributed by atoms with Crippen LogP contribution in [0.2, 0.25) is 0 Å². The molecule has 2 heterocycles. The highest BCUT2D eigenvalue weighted by molar-refractivity contribution is 8.00. The third kappa shape index (κ3) is 1.99. The van der Waals surface area contributed by atoms with Crippen molar-refractivity contribution in [3.63, 3.8) is 0 Å². The zero-order chi connectivity index (χ0) is 12.5. The summed E-state index contributed by atoms with van der Waals surface area (Å²) in [6, 6.07) is 5.80. The number of imide groups is 1. The monoisotopic (exact) mass is 262 g/mol. The van der Waals surface area contributed by atoms with E-state index in [0.29, 0.717) is 17.2 Å². The Morgan fingerprint density at radius 1 is 1.17 bits per heavy atom. The van der Waals surface area contributed by atoms with Crippen LogP contribution in [0.15, 0.2) is 18.2 Å². The average Bonchev–Trinajstić information content (AvgIpc) is 2.38. The maximum atomic E-state index is 11.8. The molecule has 1 fully saturated rings. The van der Waals surface area contributed by atoms with Gasteiger partial charge in [0.05, 0.1) is 17.2 Å². The van der Waals surface area contributed by atoms with Crippen LogP contribution in [0.4, 0.5) is 11.4 Å². The van der Waals surface area contributed by atoms with Crippen LogP contribution in [-0.4, -0.2) is 29.9 Å². The highest BCUT2D eigenvalue weighted by atomic mass is 32.2. The Morgan fingerprint density at radius 2 is 1.94 bits per heavy atom. The Morgan fingerprint density at radius 3 is 2.72 bits per heavy atom. The summed E-state index contributed by atoms with van der Waals surface area (Å²) in [7, 11) is 0. The molecule has 1 saturated heterocycles. The smallest absolute Gasteiger partial charge is 0.243 e. The van der Waals surface area contributed by atoms with Crippen molar-refractivity contribution in [3.05, 3.63) is 23.8 Å². The molecule has 18 heavy (non-hydrogen) atoms. The molecule has 0 bridgehead atoms. The van der Waals surface area contributed by atoms with Crippen molar-refractivity contribution in [1.29, 1.82) is 0 Å². The van der Waals surface area contributed by atoms with Crippen LogP contribution >= 0.6 is 11.8 Å². The average molecular weight is 262 g/mol. The summed E-state index contributed by atoms with van der Waals surface area (Å²) in [5.41, 5.74) is 3.01. The van der Waals surface area contributed by atoms with E-state index in [4.69, 9.17) is 0 Å². The summed E-state index contributed by atoms with van der Waals surface area (Å²) >= 11 is 1.38. The van der Waals surface area contributed by atoms with Crippen molar-refractivity contribution in [2.75, 3.05) is 28.3 Å². The largest absolute Gasteiger partial charge is 0.385 e. The maximum Gasteiger partial charge on any atom is 0.243 e. The van der Waals surface area contributed by atoms with Crippen LogP contribution in [0.3, 0.4) is 0 Å². The standard InChI is InChI=1S/C13H14N2O2S/c16-12-7-18-8-13(17)15(12)10-4-3-9-2-1-5-14-11(9)6-10/h3-4,6,14H,1-2,5,7-8H2. The Labute approximate surface area is 110 Å². The molecule has 5 heteroatoms. The molecule has 3 rings (SSSR count). The van der Waals surface area contributed by atoms with Crippen molar-refractivity contribution >= 4 is 35.0 Å². The molecule has 2 aliphatic heterocycles. The third-order valence-corrected chi connectivity index (χ3v) is 4.14. The molecule has 0 aromatic heterocycles. The van der Waals surface area contributed by atoms with E-state index in [-0.39, 0.29) is 11.8 Å². The summed E-state index contributed by atoms with van der Waals surface area (Å²) in [5, 5.41) is 3.32. The van der Waals surface area contributed by atoms with Crippen LogP contribution in [0.25, 0.3) is 0 Å². The topological polar surface area (TPSA) is 49.4 Å². The Kier molecular flexibility index (Phi) is 2.99. The number of amides is 2. The van der Waals surface area contributed by atoms with Crippen molar-refractivity contribution < 1.29 is 9.59 Å². The lowest BCUT2D eigenvalue weighted by Crippen LogP contribution is -2.43. The molecular formula is C13H14N2O2S. The molecule has 0 aliphatic carbocycles. The van der Waals surface area contributed by atoms with E-state index in [1.807, 2.05) is 18.2 Å². The van der Waals surface area contributed by atoms with E-state index in [0.717, 1.165) is 25.1 Å². The molecule has 1 N–H and O–H groups in total. The predicted molar refractivity (Wildman–Crippen MR) is 73.1 cm³/mol. The summed E-state index contributed by atoms with van der Waals surface area (Å²) in [6.45, 7) is 0.953. The van der Waals surface area contributed by atoms with E-state index in [9.17, 15) is 9.59 Å². The summed E-state index contributed by atoms with van der Waals surface area (Å²) in [6.07, 6.45) is 2.19. The van der Waals surface area contributed by atoms with Gasteiger partial charge in [-0.3, -0.25) is 9.59 Å².